The molecule has 0 saturated carbocycles. The van der Waals surface area contributed by atoms with Crippen LogP contribution in [0.3, 0.4) is 0 Å². The number of hydrogen-bond donors (Lipinski definition) is 3. The Bertz CT molecular complexity index is 732. The van der Waals surface area contributed by atoms with Crippen LogP contribution in [0.5, 0.6) is 5.75 Å². The Balaban J connectivity index is 2.33. The van der Waals surface area contributed by atoms with Crippen molar-refractivity contribution in [2.24, 2.45) is 5.73 Å². The fraction of sp³-hybridized carbons (Fsp3) is 0.0667. The third-order valence-corrected chi connectivity index (χ3v) is 3.41. The van der Waals surface area contributed by atoms with Gasteiger partial charge < -0.3 is 16.2 Å². The van der Waals surface area contributed by atoms with E-state index >= 15 is 0 Å². The van der Waals surface area contributed by atoms with Crippen LogP contribution in [-0.2, 0) is 0 Å². The molecule has 21 heavy (non-hydrogen) atoms. The number of benzene rings is 2. The Labute approximate surface area is 132 Å². The molecule has 4 nitrogen and oxygen atoms in total. The molecule has 108 valence electrons. The van der Waals surface area contributed by atoms with Gasteiger partial charge in [0, 0.05) is 16.1 Å². The van der Waals surface area contributed by atoms with E-state index in [4.69, 9.17) is 29.6 Å². The number of anilines is 1. The van der Waals surface area contributed by atoms with Crippen molar-refractivity contribution in [1.29, 1.82) is 0 Å². The highest BCUT2D eigenvalue weighted by atomic mass is 35.5. The van der Waals surface area contributed by atoms with E-state index in [9.17, 15) is 9.90 Å². The molecule has 4 N–H and O–H groups in total. The largest absolute Gasteiger partial charge is 0.508 e. The van der Waals surface area contributed by atoms with Crippen molar-refractivity contribution < 1.29 is 9.90 Å². The van der Waals surface area contributed by atoms with Gasteiger partial charge in [0.25, 0.3) is 5.91 Å². The second-order valence-electron chi connectivity index (χ2n) is 4.51. The van der Waals surface area contributed by atoms with Crippen LogP contribution in [0.4, 0.5) is 5.69 Å². The van der Waals surface area contributed by atoms with Crippen molar-refractivity contribution in [2.75, 3.05) is 5.32 Å². The van der Waals surface area contributed by atoms with Gasteiger partial charge in [-0.1, -0.05) is 23.8 Å². The second kappa shape index (κ2) is 6.11. The van der Waals surface area contributed by atoms with E-state index in [1.807, 2.05) is 0 Å². The summed E-state index contributed by atoms with van der Waals surface area (Å²) in [5.41, 5.74) is 7.65. The molecule has 1 amide bonds. The molecule has 0 spiro atoms. The van der Waals surface area contributed by atoms with Gasteiger partial charge in [-0.2, -0.15) is 0 Å². The van der Waals surface area contributed by atoms with Crippen LogP contribution < -0.4 is 11.1 Å². The number of halogens is 1. The van der Waals surface area contributed by atoms with Crippen molar-refractivity contribution in [3.05, 3.63) is 58.1 Å². The number of carbonyl (C=O) groups excluding carboxylic acids is 1. The molecule has 6 heteroatoms. The molecule has 2 aromatic rings. The van der Waals surface area contributed by atoms with Gasteiger partial charge in [-0.25, -0.2) is 0 Å². The zero-order chi connectivity index (χ0) is 15.6. The number of amides is 1. The molecule has 0 aliphatic rings. The normalized spacial score (nSPS) is 10.2. The standard InChI is InChI=1S/C15H13ClN2O2S/c1-8-6-9(2-5-13(8)19)15(20)18-12-7-10(16)3-4-11(12)14(17)21/h2-7,19H,1H3,(H2,17,21)(H,18,20). The number of carbonyl (C=O) groups is 1. The fourth-order valence-electron chi connectivity index (χ4n) is 1.83. The maximum atomic E-state index is 12.2. The van der Waals surface area contributed by atoms with E-state index < -0.39 is 0 Å². The average Bonchev–Trinajstić information content (AvgIpc) is 2.41. The maximum Gasteiger partial charge on any atom is 0.255 e. The Kier molecular flexibility index (Phi) is 4.45. The number of nitrogens with one attached hydrogen (secondary N) is 1. The van der Waals surface area contributed by atoms with Gasteiger partial charge >= 0.3 is 0 Å². The quantitative estimate of drug-likeness (QED) is 0.759. The summed E-state index contributed by atoms with van der Waals surface area (Å²) in [6.45, 7) is 1.71. The molecule has 0 bridgehead atoms. The van der Waals surface area contributed by atoms with E-state index in [1.54, 1.807) is 31.2 Å². The maximum absolute atomic E-state index is 12.2. The third kappa shape index (κ3) is 3.51. The highest BCUT2D eigenvalue weighted by molar-refractivity contribution is 7.80. The van der Waals surface area contributed by atoms with Crippen LogP contribution >= 0.6 is 23.8 Å². The molecule has 0 radical (unpaired) electrons. The van der Waals surface area contributed by atoms with Crippen molar-refractivity contribution in [2.45, 2.75) is 6.92 Å². The minimum Gasteiger partial charge on any atom is -0.508 e. The van der Waals surface area contributed by atoms with Gasteiger partial charge in [0.2, 0.25) is 0 Å². The van der Waals surface area contributed by atoms with Crippen LogP contribution in [0, 0.1) is 6.92 Å². The van der Waals surface area contributed by atoms with Crippen molar-refractivity contribution in [3.8, 4) is 5.75 Å². The molecular formula is C15H13ClN2O2S. The minimum absolute atomic E-state index is 0.137. The molecule has 0 aromatic heterocycles. The zero-order valence-corrected chi connectivity index (χ0v) is 12.8. The number of phenolic OH excluding ortho intramolecular Hbond substituents is 1. The summed E-state index contributed by atoms with van der Waals surface area (Å²) in [5, 5.41) is 12.7. The lowest BCUT2D eigenvalue weighted by Gasteiger charge is -2.11. The van der Waals surface area contributed by atoms with Crippen LogP contribution in [0.1, 0.15) is 21.5 Å². The van der Waals surface area contributed by atoms with Crippen LogP contribution in [0.2, 0.25) is 5.02 Å². The predicted octanol–water partition coefficient (Wildman–Crippen LogP) is 3.24. The number of phenols is 1. The van der Waals surface area contributed by atoms with E-state index in [1.165, 1.54) is 12.1 Å². The second-order valence-corrected chi connectivity index (χ2v) is 5.39. The molecule has 2 rings (SSSR count). The predicted molar refractivity (Wildman–Crippen MR) is 88.1 cm³/mol. The van der Waals surface area contributed by atoms with Gasteiger partial charge in [0.05, 0.1) is 5.69 Å². The lowest BCUT2D eigenvalue weighted by Crippen LogP contribution is -2.17. The molecule has 0 saturated heterocycles. The number of thiocarbonyl (C=S) groups is 1. The minimum atomic E-state index is -0.335. The number of rotatable bonds is 3. The zero-order valence-electron chi connectivity index (χ0n) is 11.2. The first-order valence-electron chi connectivity index (χ1n) is 6.09. The third-order valence-electron chi connectivity index (χ3n) is 2.95. The van der Waals surface area contributed by atoms with Gasteiger partial charge in [-0.15, -0.1) is 0 Å². The number of hydrogen-bond acceptors (Lipinski definition) is 3. The summed E-state index contributed by atoms with van der Waals surface area (Å²) < 4.78 is 0. The van der Waals surface area contributed by atoms with E-state index in [-0.39, 0.29) is 16.6 Å². The topological polar surface area (TPSA) is 75.4 Å². The smallest absolute Gasteiger partial charge is 0.255 e. The molecule has 0 aliphatic carbocycles. The van der Waals surface area contributed by atoms with Crippen molar-refractivity contribution >= 4 is 40.4 Å². The van der Waals surface area contributed by atoms with Gasteiger partial charge in [-0.05, 0) is 48.9 Å². The number of aryl methyl sites for hydroxylation is 1. The monoisotopic (exact) mass is 320 g/mol. The van der Waals surface area contributed by atoms with Gasteiger partial charge in [0.15, 0.2) is 0 Å². The summed E-state index contributed by atoms with van der Waals surface area (Å²) in [4.78, 5) is 12.4. The summed E-state index contributed by atoms with van der Waals surface area (Å²) in [5.74, 6) is -0.198. The molecule has 0 aliphatic heterocycles. The fourth-order valence-corrected chi connectivity index (χ4v) is 2.18. The summed E-state index contributed by atoms with van der Waals surface area (Å²) in [7, 11) is 0. The Morgan fingerprint density at radius 1 is 1.29 bits per heavy atom. The van der Waals surface area contributed by atoms with Gasteiger partial charge in [0.1, 0.15) is 10.7 Å². The lowest BCUT2D eigenvalue weighted by molar-refractivity contribution is 0.102. The number of aromatic hydroxyl groups is 1. The summed E-state index contributed by atoms with van der Waals surface area (Å²) in [6.07, 6.45) is 0. The Morgan fingerprint density at radius 2 is 2.00 bits per heavy atom. The molecular weight excluding hydrogens is 308 g/mol. The lowest BCUT2D eigenvalue weighted by atomic mass is 10.1. The summed E-state index contributed by atoms with van der Waals surface area (Å²) >= 11 is 10.9. The number of nitrogens with two attached hydrogens (primary N) is 1. The Hall–Kier alpha value is -2.11. The van der Waals surface area contributed by atoms with Crippen LogP contribution in [-0.4, -0.2) is 16.0 Å². The molecule has 0 heterocycles. The van der Waals surface area contributed by atoms with Gasteiger partial charge in [-0.3, -0.25) is 4.79 Å². The SMILES string of the molecule is Cc1cc(C(=O)Nc2cc(Cl)ccc2C(N)=S)ccc1O. The molecule has 0 fully saturated rings. The molecule has 0 atom stereocenters. The Morgan fingerprint density at radius 3 is 2.62 bits per heavy atom. The summed E-state index contributed by atoms with van der Waals surface area (Å²) in [6, 6.07) is 9.48. The van der Waals surface area contributed by atoms with Crippen molar-refractivity contribution in [1.82, 2.24) is 0 Å². The van der Waals surface area contributed by atoms with E-state index in [0.29, 0.717) is 27.4 Å². The highest BCUT2D eigenvalue weighted by Gasteiger charge is 2.12. The van der Waals surface area contributed by atoms with Crippen LogP contribution in [0.15, 0.2) is 36.4 Å². The van der Waals surface area contributed by atoms with Crippen LogP contribution in [0.25, 0.3) is 0 Å². The average molecular weight is 321 g/mol. The van der Waals surface area contributed by atoms with E-state index in [0.717, 1.165) is 0 Å². The van der Waals surface area contributed by atoms with E-state index in [2.05, 4.69) is 5.32 Å². The highest BCUT2D eigenvalue weighted by Crippen LogP contribution is 2.23. The first kappa shape index (κ1) is 15.3. The molecule has 0 unspecified atom stereocenters. The van der Waals surface area contributed by atoms with Crippen molar-refractivity contribution in [3.63, 3.8) is 0 Å². The first-order chi connectivity index (χ1) is 9.88. The molecule has 2 aromatic carbocycles. The first-order valence-corrected chi connectivity index (χ1v) is 6.87.